The Hall–Kier alpha value is -0.340. The zero-order valence-electron chi connectivity index (χ0n) is 7.81. The molecular weight excluding hydrogens is 226 g/mol. The number of nitrogens with two attached hydrogens (primary N) is 1. The van der Waals surface area contributed by atoms with Crippen LogP contribution in [0.25, 0.3) is 0 Å². The maximum atomic E-state index is 6.06. The molecule has 0 saturated carbocycles. The number of hydrogen-bond acceptors (Lipinski definition) is 1. The van der Waals surface area contributed by atoms with Crippen molar-refractivity contribution in [2.24, 2.45) is 5.73 Å². The number of aryl methyl sites for hydroxylation is 1. The van der Waals surface area contributed by atoms with Crippen LogP contribution in [0.4, 0.5) is 0 Å². The summed E-state index contributed by atoms with van der Waals surface area (Å²) in [5, 5.41) is 0. The van der Waals surface area contributed by atoms with Crippen molar-refractivity contribution in [3.63, 3.8) is 0 Å². The van der Waals surface area contributed by atoms with Gasteiger partial charge in [-0.15, -0.1) is 0 Å². The Morgan fingerprint density at radius 2 is 2.23 bits per heavy atom. The zero-order valence-corrected chi connectivity index (χ0v) is 9.39. The molecule has 1 aromatic carbocycles. The molecule has 0 unspecified atom stereocenters. The lowest BCUT2D eigenvalue weighted by atomic mass is 9.86. The lowest BCUT2D eigenvalue weighted by Crippen LogP contribution is -2.18. The second-order valence-electron chi connectivity index (χ2n) is 3.79. The van der Waals surface area contributed by atoms with E-state index in [9.17, 15) is 0 Å². The lowest BCUT2D eigenvalue weighted by molar-refractivity contribution is 0.568. The average molecular weight is 240 g/mol. The van der Waals surface area contributed by atoms with Crippen molar-refractivity contribution in [3.05, 3.63) is 33.3 Å². The number of hydrogen-bond donors (Lipinski definition) is 1. The van der Waals surface area contributed by atoms with Crippen LogP contribution in [0.1, 0.15) is 35.6 Å². The highest BCUT2D eigenvalue weighted by Gasteiger charge is 2.18. The quantitative estimate of drug-likeness (QED) is 0.740. The molecule has 1 nitrogen and oxygen atoms in total. The van der Waals surface area contributed by atoms with Gasteiger partial charge >= 0.3 is 0 Å². The van der Waals surface area contributed by atoms with E-state index in [1.807, 2.05) is 0 Å². The maximum absolute atomic E-state index is 6.06. The fourth-order valence-corrected chi connectivity index (χ4v) is 2.72. The summed E-state index contributed by atoms with van der Waals surface area (Å²) in [6.45, 7) is 2.17. The van der Waals surface area contributed by atoms with Crippen LogP contribution in [0.3, 0.4) is 0 Å². The summed E-state index contributed by atoms with van der Waals surface area (Å²) in [7, 11) is 0. The molecule has 1 aromatic rings. The van der Waals surface area contributed by atoms with E-state index in [0.29, 0.717) is 0 Å². The number of rotatable bonds is 0. The van der Waals surface area contributed by atoms with Gasteiger partial charge in [-0.25, -0.2) is 0 Å². The molecule has 0 aromatic heterocycles. The van der Waals surface area contributed by atoms with Gasteiger partial charge in [-0.2, -0.15) is 0 Å². The minimum absolute atomic E-state index is 0.250. The zero-order chi connectivity index (χ0) is 9.42. The van der Waals surface area contributed by atoms with Gasteiger partial charge in [-0.1, -0.05) is 15.9 Å². The molecule has 1 aliphatic rings. The van der Waals surface area contributed by atoms with Crippen molar-refractivity contribution in [3.8, 4) is 0 Å². The van der Waals surface area contributed by atoms with E-state index in [0.717, 1.165) is 10.9 Å². The van der Waals surface area contributed by atoms with Gasteiger partial charge in [-0.05, 0) is 55.0 Å². The predicted octanol–water partition coefficient (Wildman–Crippen LogP) is 3.09. The molecule has 0 amide bonds. The fourth-order valence-electron chi connectivity index (χ4n) is 2.13. The molecule has 1 atom stereocenters. The van der Waals surface area contributed by atoms with Gasteiger partial charge in [0.25, 0.3) is 0 Å². The van der Waals surface area contributed by atoms with Crippen molar-refractivity contribution < 1.29 is 0 Å². The van der Waals surface area contributed by atoms with Crippen LogP contribution in [-0.2, 0) is 6.42 Å². The number of fused-ring (bicyclic) bond motifs is 1. The third kappa shape index (κ3) is 1.65. The van der Waals surface area contributed by atoms with Crippen molar-refractivity contribution >= 4 is 15.9 Å². The molecule has 0 aliphatic heterocycles. The number of halogens is 1. The second kappa shape index (κ2) is 3.43. The normalized spacial score (nSPS) is 21.3. The molecule has 70 valence electrons. The molecule has 0 saturated heterocycles. The smallest absolute Gasteiger partial charge is 0.0298 e. The third-order valence-corrected chi connectivity index (χ3v) is 3.27. The van der Waals surface area contributed by atoms with Gasteiger partial charge in [0.1, 0.15) is 0 Å². The van der Waals surface area contributed by atoms with E-state index in [-0.39, 0.29) is 6.04 Å². The first-order valence-corrected chi connectivity index (χ1v) is 5.52. The fraction of sp³-hybridized carbons (Fsp3) is 0.455. The topological polar surface area (TPSA) is 26.0 Å². The molecule has 0 heterocycles. The Balaban J connectivity index is 2.56. The van der Waals surface area contributed by atoms with E-state index in [1.165, 1.54) is 29.5 Å². The van der Waals surface area contributed by atoms with Crippen molar-refractivity contribution in [1.29, 1.82) is 0 Å². The molecule has 0 radical (unpaired) electrons. The first-order valence-electron chi connectivity index (χ1n) is 4.73. The summed E-state index contributed by atoms with van der Waals surface area (Å²) in [5.41, 5.74) is 10.3. The Kier molecular flexibility index (Phi) is 2.43. The van der Waals surface area contributed by atoms with Gasteiger partial charge in [0.2, 0.25) is 0 Å². The van der Waals surface area contributed by atoms with Crippen molar-refractivity contribution in [1.82, 2.24) is 0 Å². The standard InChI is InChI=1S/C11H14BrN/c1-7-5-8(12)6-10-9(7)3-2-4-11(10)13/h5-6,11H,2-4,13H2,1H3/t11-/m1/s1. The van der Waals surface area contributed by atoms with E-state index in [1.54, 1.807) is 0 Å². The minimum atomic E-state index is 0.250. The molecule has 0 bridgehead atoms. The van der Waals surface area contributed by atoms with Crippen LogP contribution < -0.4 is 5.73 Å². The highest BCUT2D eigenvalue weighted by Crippen LogP contribution is 2.32. The average Bonchev–Trinajstić information content (AvgIpc) is 2.07. The summed E-state index contributed by atoms with van der Waals surface area (Å²) < 4.78 is 1.15. The lowest BCUT2D eigenvalue weighted by Gasteiger charge is -2.24. The minimum Gasteiger partial charge on any atom is -0.324 e. The van der Waals surface area contributed by atoms with Crippen LogP contribution in [-0.4, -0.2) is 0 Å². The van der Waals surface area contributed by atoms with Gasteiger partial charge in [0.05, 0.1) is 0 Å². The maximum Gasteiger partial charge on any atom is 0.0298 e. The molecule has 1 aliphatic carbocycles. The number of benzene rings is 1. The predicted molar refractivity (Wildman–Crippen MR) is 58.7 cm³/mol. The first kappa shape index (κ1) is 9.22. The SMILES string of the molecule is Cc1cc(Br)cc2c1CCC[C@H]2N. The van der Waals surface area contributed by atoms with E-state index >= 15 is 0 Å². The summed E-state index contributed by atoms with van der Waals surface area (Å²) in [6.07, 6.45) is 3.56. The second-order valence-corrected chi connectivity index (χ2v) is 4.70. The molecule has 0 fully saturated rings. The Labute approximate surface area is 87.5 Å². The van der Waals surface area contributed by atoms with Crippen LogP contribution in [0.15, 0.2) is 16.6 Å². The molecular formula is C11H14BrN. The monoisotopic (exact) mass is 239 g/mol. The summed E-state index contributed by atoms with van der Waals surface area (Å²) in [6, 6.07) is 4.60. The Morgan fingerprint density at radius 3 is 3.00 bits per heavy atom. The van der Waals surface area contributed by atoms with Crippen molar-refractivity contribution in [2.45, 2.75) is 32.2 Å². The summed E-state index contributed by atoms with van der Waals surface area (Å²) >= 11 is 3.51. The van der Waals surface area contributed by atoms with Gasteiger partial charge in [0.15, 0.2) is 0 Å². The van der Waals surface area contributed by atoms with Crippen LogP contribution in [0.5, 0.6) is 0 Å². The van der Waals surface area contributed by atoms with Crippen molar-refractivity contribution in [2.75, 3.05) is 0 Å². The van der Waals surface area contributed by atoms with Crippen LogP contribution in [0.2, 0.25) is 0 Å². The van der Waals surface area contributed by atoms with E-state index in [4.69, 9.17) is 5.73 Å². The molecule has 0 spiro atoms. The van der Waals surface area contributed by atoms with Gasteiger partial charge < -0.3 is 5.73 Å². The van der Waals surface area contributed by atoms with Crippen LogP contribution >= 0.6 is 15.9 Å². The summed E-state index contributed by atoms with van der Waals surface area (Å²) in [5.74, 6) is 0. The Bertz CT molecular complexity index is 333. The van der Waals surface area contributed by atoms with E-state index in [2.05, 4.69) is 35.0 Å². The molecule has 2 heteroatoms. The molecule has 13 heavy (non-hydrogen) atoms. The molecule has 2 rings (SSSR count). The van der Waals surface area contributed by atoms with E-state index < -0.39 is 0 Å². The van der Waals surface area contributed by atoms with Gasteiger partial charge in [-0.3, -0.25) is 0 Å². The van der Waals surface area contributed by atoms with Gasteiger partial charge in [0, 0.05) is 10.5 Å². The third-order valence-electron chi connectivity index (χ3n) is 2.81. The molecule has 2 N–H and O–H groups in total. The van der Waals surface area contributed by atoms with Crippen LogP contribution in [0, 0.1) is 6.92 Å². The summed E-state index contributed by atoms with van der Waals surface area (Å²) in [4.78, 5) is 0. The highest BCUT2D eigenvalue weighted by molar-refractivity contribution is 9.10. The first-order chi connectivity index (χ1) is 6.18. The largest absolute Gasteiger partial charge is 0.324 e. The highest BCUT2D eigenvalue weighted by atomic mass is 79.9. The Morgan fingerprint density at radius 1 is 1.46 bits per heavy atom.